The summed E-state index contributed by atoms with van der Waals surface area (Å²) in [6.45, 7) is 3.04. The van der Waals surface area contributed by atoms with Gasteiger partial charge in [-0.05, 0) is 60.3 Å². The largest absolute Gasteiger partial charge is 0.311 e. The van der Waals surface area contributed by atoms with Crippen molar-refractivity contribution in [3.05, 3.63) is 51.8 Å². The molecule has 2 unspecified atom stereocenters. The summed E-state index contributed by atoms with van der Waals surface area (Å²) >= 11 is 3.68. The molecule has 0 bridgehead atoms. The first-order valence-corrected chi connectivity index (χ1v) is 8.51. The first kappa shape index (κ1) is 14.8. The topological polar surface area (TPSA) is 29.9 Å². The Morgan fingerprint density at radius 1 is 1.43 bits per heavy atom. The molecule has 3 nitrogen and oxygen atoms in total. The summed E-state index contributed by atoms with van der Waals surface area (Å²) in [7, 11) is 2.06. The molecule has 21 heavy (non-hydrogen) atoms. The summed E-state index contributed by atoms with van der Waals surface area (Å²) in [5.41, 5.74) is 4.27. The molecule has 0 saturated carbocycles. The molecule has 0 amide bonds. The number of fused-ring (bicyclic) bond motifs is 1. The number of hydrogen-bond donors (Lipinski definition) is 1. The van der Waals surface area contributed by atoms with Crippen molar-refractivity contribution in [3.8, 4) is 0 Å². The van der Waals surface area contributed by atoms with Crippen molar-refractivity contribution in [3.63, 3.8) is 0 Å². The van der Waals surface area contributed by atoms with Crippen LogP contribution in [-0.4, -0.2) is 16.8 Å². The van der Waals surface area contributed by atoms with E-state index in [1.807, 2.05) is 6.20 Å². The second-order valence-corrected chi connectivity index (χ2v) is 6.51. The van der Waals surface area contributed by atoms with Crippen molar-refractivity contribution >= 4 is 15.9 Å². The summed E-state index contributed by atoms with van der Waals surface area (Å²) in [6, 6.07) is 9.19. The number of aryl methyl sites for hydroxylation is 2. The summed E-state index contributed by atoms with van der Waals surface area (Å²) in [6.07, 6.45) is 5.61. The maximum atomic E-state index is 4.48. The minimum Gasteiger partial charge on any atom is -0.311 e. The van der Waals surface area contributed by atoms with E-state index < -0.39 is 0 Å². The minimum absolute atomic E-state index is 0.295. The van der Waals surface area contributed by atoms with Crippen LogP contribution in [0.4, 0.5) is 0 Å². The second-order valence-electron chi connectivity index (χ2n) is 5.66. The monoisotopic (exact) mass is 347 g/mol. The van der Waals surface area contributed by atoms with E-state index in [2.05, 4.69) is 69.3 Å². The van der Waals surface area contributed by atoms with E-state index in [0.29, 0.717) is 12.0 Å². The quantitative estimate of drug-likeness (QED) is 0.904. The van der Waals surface area contributed by atoms with Crippen LogP contribution in [0.2, 0.25) is 0 Å². The van der Waals surface area contributed by atoms with E-state index >= 15 is 0 Å². The number of likely N-dealkylation sites (N-methyl/N-ethyl adjacent to an activating group) is 1. The molecule has 112 valence electrons. The maximum absolute atomic E-state index is 4.48. The van der Waals surface area contributed by atoms with E-state index in [-0.39, 0.29) is 0 Å². The Kier molecular flexibility index (Phi) is 4.45. The maximum Gasteiger partial charge on any atom is 0.0701 e. The van der Waals surface area contributed by atoms with E-state index in [1.54, 1.807) is 0 Å². The predicted molar refractivity (Wildman–Crippen MR) is 89.5 cm³/mol. The fraction of sp³-hybridized carbons (Fsp3) is 0.471. The van der Waals surface area contributed by atoms with Gasteiger partial charge in [-0.2, -0.15) is 5.10 Å². The van der Waals surface area contributed by atoms with E-state index in [9.17, 15) is 0 Å². The summed E-state index contributed by atoms with van der Waals surface area (Å²) in [5, 5.41) is 8.02. The van der Waals surface area contributed by atoms with Gasteiger partial charge >= 0.3 is 0 Å². The van der Waals surface area contributed by atoms with E-state index in [1.165, 1.54) is 36.1 Å². The number of rotatable bonds is 4. The lowest BCUT2D eigenvalue weighted by atomic mass is 9.78. The highest BCUT2D eigenvalue weighted by Crippen LogP contribution is 2.41. The van der Waals surface area contributed by atoms with E-state index in [0.717, 1.165) is 11.0 Å². The molecular formula is C17H22BrN3. The number of aromatic nitrogens is 2. The van der Waals surface area contributed by atoms with Gasteiger partial charge in [0, 0.05) is 12.5 Å². The molecule has 0 aliphatic heterocycles. The second kappa shape index (κ2) is 6.32. The molecule has 3 rings (SSSR count). The van der Waals surface area contributed by atoms with Crippen molar-refractivity contribution in [2.45, 2.75) is 44.7 Å². The zero-order chi connectivity index (χ0) is 14.8. The lowest BCUT2D eigenvalue weighted by Gasteiger charge is -2.33. The smallest absolute Gasteiger partial charge is 0.0701 e. The Labute approximate surface area is 134 Å². The average Bonchev–Trinajstić information content (AvgIpc) is 2.90. The predicted octanol–water partition coefficient (Wildman–Crippen LogP) is 4.05. The molecule has 4 heteroatoms. The molecular weight excluding hydrogens is 326 g/mol. The van der Waals surface area contributed by atoms with Crippen LogP contribution in [0.1, 0.15) is 48.5 Å². The van der Waals surface area contributed by atoms with Crippen LogP contribution < -0.4 is 5.32 Å². The summed E-state index contributed by atoms with van der Waals surface area (Å²) in [4.78, 5) is 0. The van der Waals surface area contributed by atoms with Crippen LogP contribution >= 0.6 is 15.9 Å². The van der Waals surface area contributed by atoms with Gasteiger partial charge in [0.15, 0.2) is 0 Å². The van der Waals surface area contributed by atoms with Crippen LogP contribution in [0.15, 0.2) is 34.9 Å². The molecule has 1 aliphatic rings. The van der Waals surface area contributed by atoms with Crippen molar-refractivity contribution < 1.29 is 0 Å². The molecule has 2 aromatic rings. The van der Waals surface area contributed by atoms with Crippen molar-refractivity contribution in [1.29, 1.82) is 0 Å². The molecule has 1 N–H and O–H groups in total. The molecule has 1 heterocycles. The van der Waals surface area contributed by atoms with Crippen LogP contribution in [0.3, 0.4) is 0 Å². The Bertz CT molecular complexity index is 620. The van der Waals surface area contributed by atoms with Gasteiger partial charge in [-0.1, -0.05) is 24.3 Å². The molecule has 0 saturated heterocycles. The third-order valence-electron chi connectivity index (χ3n) is 4.56. The SMILES string of the molecule is CCn1ncc(Br)c1C(NC)C1CCCc2ccccc21. The summed E-state index contributed by atoms with van der Waals surface area (Å²) in [5.74, 6) is 0.512. The van der Waals surface area contributed by atoms with Gasteiger partial charge < -0.3 is 5.32 Å². The average molecular weight is 348 g/mol. The highest BCUT2D eigenvalue weighted by atomic mass is 79.9. The van der Waals surface area contributed by atoms with Gasteiger partial charge in [-0.15, -0.1) is 0 Å². The van der Waals surface area contributed by atoms with Gasteiger partial charge in [0.05, 0.1) is 22.4 Å². The van der Waals surface area contributed by atoms with Crippen LogP contribution in [0.25, 0.3) is 0 Å². The van der Waals surface area contributed by atoms with Crippen LogP contribution in [0, 0.1) is 0 Å². The molecule has 1 aliphatic carbocycles. The zero-order valence-corrected chi connectivity index (χ0v) is 14.2. The Morgan fingerprint density at radius 3 is 3.00 bits per heavy atom. The lowest BCUT2D eigenvalue weighted by Crippen LogP contribution is -2.29. The molecule has 0 fully saturated rings. The Hall–Kier alpha value is -1.13. The highest BCUT2D eigenvalue weighted by Gasteiger charge is 2.31. The molecule has 1 aromatic heterocycles. The van der Waals surface area contributed by atoms with E-state index in [4.69, 9.17) is 0 Å². The third-order valence-corrected chi connectivity index (χ3v) is 5.17. The fourth-order valence-electron chi connectivity index (χ4n) is 3.60. The van der Waals surface area contributed by atoms with Crippen molar-refractivity contribution in [2.24, 2.45) is 0 Å². The third kappa shape index (κ3) is 2.67. The number of benzene rings is 1. The van der Waals surface area contributed by atoms with Gasteiger partial charge in [-0.25, -0.2) is 0 Å². The van der Waals surface area contributed by atoms with Gasteiger partial charge in [0.2, 0.25) is 0 Å². The van der Waals surface area contributed by atoms with Gasteiger partial charge in [-0.3, -0.25) is 4.68 Å². The lowest BCUT2D eigenvalue weighted by molar-refractivity contribution is 0.398. The Balaban J connectivity index is 2.03. The zero-order valence-electron chi connectivity index (χ0n) is 12.6. The van der Waals surface area contributed by atoms with Crippen molar-refractivity contribution in [1.82, 2.24) is 15.1 Å². The molecule has 0 radical (unpaired) electrons. The van der Waals surface area contributed by atoms with Gasteiger partial charge in [0.1, 0.15) is 0 Å². The Morgan fingerprint density at radius 2 is 2.24 bits per heavy atom. The minimum atomic E-state index is 0.295. The van der Waals surface area contributed by atoms with Crippen LogP contribution in [0.5, 0.6) is 0 Å². The highest BCUT2D eigenvalue weighted by molar-refractivity contribution is 9.10. The number of nitrogens with zero attached hydrogens (tertiary/aromatic N) is 2. The molecule has 2 atom stereocenters. The first-order chi connectivity index (χ1) is 10.3. The fourth-order valence-corrected chi connectivity index (χ4v) is 4.14. The number of nitrogens with one attached hydrogen (secondary N) is 1. The number of halogens is 1. The van der Waals surface area contributed by atoms with Crippen LogP contribution in [-0.2, 0) is 13.0 Å². The number of hydrogen-bond acceptors (Lipinski definition) is 2. The molecule has 0 spiro atoms. The van der Waals surface area contributed by atoms with Crippen molar-refractivity contribution in [2.75, 3.05) is 7.05 Å². The standard InChI is InChI=1S/C17H22BrN3/c1-3-21-17(15(18)11-20-21)16(19-2)14-10-6-8-12-7-4-5-9-13(12)14/h4-5,7,9,11,14,16,19H,3,6,8,10H2,1-2H3. The molecule has 1 aromatic carbocycles. The normalized spacial score (nSPS) is 19.3. The summed E-state index contributed by atoms with van der Waals surface area (Å²) < 4.78 is 3.20. The van der Waals surface area contributed by atoms with Gasteiger partial charge in [0.25, 0.3) is 0 Å². The first-order valence-electron chi connectivity index (χ1n) is 7.72.